The molecular weight excluding hydrogens is 340 g/mol. The molecule has 0 aliphatic rings. The first-order valence-electron chi connectivity index (χ1n) is 8.17. The molecule has 1 aromatic rings. The summed E-state index contributed by atoms with van der Waals surface area (Å²) in [5, 5.41) is 13.8. The van der Waals surface area contributed by atoms with Crippen molar-refractivity contribution in [3.8, 4) is 5.75 Å². The van der Waals surface area contributed by atoms with Gasteiger partial charge in [0.1, 0.15) is 5.60 Å². The van der Waals surface area contributed by atoms with Gasteiger partial charge in [-0.2, -0.15) is 0 Å². The molecule has 0 atom stereocenters. The third kappa shape index (κ3) is 6.40. The van der Waals surface area contributed by atoms with Crippen LogP contribution < -0.4 is 15.0 Å². The van der Waals surface area contributed by atoms with Gasteiger partial charge in [-0.25, -0.2) is 4.79 Å². The Morgan fingerprint density at radius 1 is 1.23 bits per heavy atom. The summed E-state index contributed by atoms with van der Waals surface area (Å²) < 4.78 is 10.6. The number of nitro benzene ring substituents is 1. The molecule has 9 heteroatoms. The molecule has 9 nitrogen and oxygen atoms in total. The topological polar surface area (TPSA) is 97.2 Å². The Balaban J connectivity index is 3.26. The first kappa shape index (κ1) is 21.5. The lowest BCUT2D eigenvalue weighted by molar-refractivity contribution is -0.384. The van der Waals surface area contributed by atoms with Gasteiger partial charge >= 0.3 is 6.09 Å². The average Bonchev–Trinajstić information content (AvgIpc) is 2.49. The summed E-state index contributed by atoms with van der Waals surface area (Å²) in [7, 11) is 7.13. The lowest BCUT2D eigenvalue weighted by atomic mass is 10.2. The van der Waals surface area contributed by atoms with Gasteiger partial charge in [0, 0.05) is 32.3 Å². The van der Waals surface area contributed by atoms with Crippen LogP contribution in [0.15, 0.2) is 12.1 Å². The summed E-state index contributed by atoms with van der Waals surface area (Å²) in [5.41, 5.74) is -0.149. The van der Waals surface area contributed by atoms with Gasteiger partial charge in [0.25, 0.3) is 5.69 Å². The highest BCUT2D eigenvalue weighted by atomic mass is 16.6. The van der Waals surface area contributed by atoms with Gasteiger partial charge in [0.05, 0.1) is 23.4 Å². The lowest BCUT2D eigenvalue weighted by Crippen LogP contribution is -2.29. The van der Waals surface area contributed by atoms with Gasteiger partial charge in [-0.05, 0) is 34.9 Å². The minimum Gasteiger partial charge on any atom is -0.492 e. The number of methoxy groups -OCH3 is 1. The van der Waals surface area contributed by atoms with Gasteiger partial charge in [0.2, 0.25) is 0 Å². The Kier molecular flexibility index (Phi) is 7.19. The summed E-state index contributed by atoms with van der Waals surface area (Å²) in [6.45, 7) is 6.57. The van der Waals surface area contributed by atoms with Crippen LogP contribution in [0.2, 0.25) is 0 Å². The molecule has 0 spiro atoms. The first-order chi connectivity index (χ1) is 11.9. The molecular formula is C17H28N4O5. The van der Waals surface area contributed by atoms with E-state index in [0.717, 1.165) is 6.54 Å². The van der Waals surface area contributed by atoms with Crippen molar-refractivity contribution in [3.63, 3.8) is 0 Å². The summed E-state index contributed by atoms with van der Waals surface area (Å²) in [6.07, 6.45) is -0.710. The minimum atomic E-state index is -0.710. The number of rotatable bonds is 7. The summed E-state index contributed by atoms with van der Waals surface area (Å²) in [4.78, 5) is 26.7. The van der Waals surface area contributed by atoms with Gasteiger partial charge in [-0.15, -0.1) is 0 Å². The van der Waals surface area contributed by atoms with Gasteiger partial charge < -0.3 is 19.3 Å². The van der Waals surface area contributed by atoms with Crippen LogP contribution in [0.5, 0.6) is 5.75 Å². The van der Waals surface area contributed by atoms with E-state index in [2.05, 4.69) is 5.32 Å². The predicted molar refractivity (Wildman–Crippen MR) is 101 cm³/mol. The third-order valence-electron chi connectivity index (χ3n) is 3.40. The number of hydrogen-bond donors (Lipinski definition) is 1. The van der Waals surface area contributed by atoms with Crippen LogP contribution >= 0.6 is 0 Å². The van der Waals surface area contributed by atoms with Gasteiger partial charge in [-0.3, -0.25) is 15.4 Å². The number of hydrogen-bond acceptors (Lipinski definition) is 7. The standard InChI is InChI=1S/C17H28N4O5/c1-17(2,3)26-16(22)18-13-10-12(21(23)24)11-14(15(13)25-7)20(6)9-8-19(4)5/h10-11H,8-9H2,1-7H3,(H,18,22). The molecule has 26 heavy (non-hydrogen) atoms. The number of ether oxygens (including phenoxy) is 2. The van der Waals surface area contributed by atoms with E-state index in [1.165, 1.54) is 19.2 Å². The molecule has 0 bridgehead atoms. The Morgan fingerprint density at radius 3 is 2.31 bits per heavy atom. The molecule has 0 radical (unpaired) electrons. The van der Waals surface area contributed by atoms with E-state index in [4.69, 9.17) is 9.47 Å². The number of carbonyl (C=O) groups excluding carboxylic acids is 1. The summed E-state index contributed by atoms with van der Waals surface area (Å²) in [5.74, 6) is 0.336. The van der Waals surface area contributed by atoms with E-state index >= 15 is 0 Å². The molecule has 146 valence electrons. The Morgan fingerprint density at radius 2 is 1.85 bits per heavy atom. The van der Waals surface area contributed by atoms with Crippen molar-refractivity contribution in [2.24, 2.45) is 0 Å². The molecule has 0 saturated heterocycles. The number of nitrogens with zero attached hydrogens (tertiary/aromatic N) is 3. The zero-order valence-electron chi connectivity index (χ0n) is 16.5. The second-order valence-electron chi connectivity index (χ2n) is 7.15. The maximum Gasteiger partial charge on any atom is 0.412 e. The molecule has 0 aromatic heterocycles. The third-order valence-corrected chi connectivity index (χ3v) is 3.40. The van der Waals surface area contributed by atoms with Crippen LogP contribution in [0.1, 0.15) is 20.8 Å². The molecule has 1 N–H and O–H groups in total. The molecule has 1 aromatic carbocycles. The number of nitrogens with one attached hydrogen (secondary N) is 1. The van der Waals surface area contributed by atoms with Crippen molar-refractivity contribution in [1.29, 1.82) is 0 Å². The van der Waals surface area contributed by atoms with E-state index < -0.39 is 16.6 Å². The lowest BCUT2D eigenvalue weighted by Gasteiger charge is -2.25. The van der Waals surface area contributed by atoms with E-state index in [-0.39, 0.29) is 11.4 Å². The van der Waals surface area contributed by atoms with Crippen molar-refractivity contribution in [2.45, 2.75) is 26.4 Å². The number of amides is 1. The highest BCUT2D eigenvalue weighted by Crippen LogP contribution is 2.39. The van der Waals surface area contributed by atoms with Crippen molar-refractivity contribution < 1.29 is 19.2 Å². The highest BCUT2D eigenvalue weighted by molar-refractivity contribution is 5.90. The zero-order chi connectivity index (χ0) is 20.1. The predicted octanol–water partition coefficient (Wildman–Crippen LogP) is 2.95. The Labute approximate surface area is 154 Å². The van der Waals surface area contributed by atoms with E-state index in [1.54, 1.807) is 20.8 Å². The highest BCUT2D eigenvalue weighted by Gasteiger charge is 2.23. The van der Waals surface area contributed by atoms with Gasteiger partial charge in [-0.1, -0.05) is 0 Å². The van der Waals surface area contributed by atoms with Crippen molar-refractivity contribution >= 4 is 23.2 Å². The van der Waals surface area contributed by atoms with Crippen molar-refractivity contribution in [3.05, 3.63) is 22.2 Å². The fourth-order valence-electron chi connectivity index (χ4n) is 2.18. The SMILES string of the molecule is COc1c(NC(=O)OC(C)(C)C)cc([N+](=O)[O-])cc1N(C)CCN(C)C. The zero-order valence-corrected chi connectivity index (χ0v) is 16.5. The minimum absolute atomic E-state index is 0.149. The van der Waals surface area contributed by atoms with Crippen LogP contribution in [-0.2, 0) is 4.74 Å². The first-order valence-corrected chi connectivity index (χ1v) is 8.17. The van der Waals surface area contributed by atoms with Crippen LogP contribution in [0.4, 0.5) is 21.9 Å². The van der Waals surface area contributed by atoms with E-state index in [1.807, 2.05) is 30.9 Å². The fourth-order valence-corrected chi connectivity index (χ4v) is 2.18. The van der Waals surface area contributed by atoms with Crippen LogP contribution in [0, 0.1) is 10.1 Å². The number of carbonyl (C=O) groups is 1. The largest absolute Gasteiger partial charge is 0.492 e. The number of benzene rings is 1. The summed E-state index contributed by atoms with van der Waals surface area (Å²) in [6, 6.07) is 2.68. The van der Waals surface area contributed by atoms with Crippen LogP contribution in [0.3, 0.4) is 0 Å². The number of nitro groups is 1. The van der Waals surface area contributed by atoms with Crippen LogP contribution in [0.25, 0.3) is 0 Å². The number of anilines is 2. The maximum absolute atomic E-state index is 12.1. The number of non-ortho nitro benzene ring substituents is 1. The molecule has 0 saturated carbocycles. The van der Waals surface area contributed by atoms with E-state index in [9.17, 15) is 14.9 Å². The van der Waals surface area contributed by atoms with Crippen LogP contribution in [-0.4, -0.2) is 62.9 Å². The molecule has 0 fully saturated rings. The normalized spacial score (nSPS) is 11.2. The number of likely N-dealkylation sites (N-methyl/N-ethyl adjacent to an activating group) is 2. The molecule has 0 unspecified atom stereocenters. The second-order valence-corrected chi connectivity index (χ2v) is 7.15. The molecule has 0 heterocycles. The maximum atomic E-state index is 12.1. The Hall–Kier alpha value is -2.55. The Bertz CT molecular complexity index is 655. The smallest absolute Gasteiger partial charge is 0.412 e. The quantitative estimate of drug-likeness (QED) is 0.584. The molecule has 1 amide bonds. The molecule has 1 rings (SSSR count). The average molecular weight is 368 g/mol. The monoisotopic (exact) mass is 368 g/mol. The molecule has 0 aliphatic carbocycles. The molecule has 0 aliphatic heterocycles. The summed E-state index contributed by atoms with van der Waals surface area (Å²) >= 11 is 0. The van der Waals surface area contributed by atoms with Crippen molar-refractivity contribution in [1.82, 2.24) is 4.90 Å². The van der Waals surface area contributed by atoms with Crippen molar-refractivity contribution in [2.75, 3.05) is 51.6 Å². The van der Waals surface area contributed by atoms with Gasteiger partial charge in [0.15, 0.2) is 5.75 Å². The fraction of sp³-hybridized carbons (Fsp3) is 0.588. The second kappa shape index (κ2) is 8.70. The van der Waals surface area contributed by atoms with E-state index in [0.29, 0.717) is 18.0 Å².